The zero-order chi connectivity index (χ0) is 14.3. The fourth-order valence-corrected chi connectivity index (χ4v) is 2.63. The van der Waals surface area contributed by atoms with Gasteiger partial charge in [-0.3, -0.25) is 0 Å². The number of halogens is 2. The van der Waals surface area contributed by atoms with Gasteiger partial charge in [0.25, 0.3) is 0 Å². The molecule has 2 heterocycles. The van der Waals surface area contributed by atoms with Gasteiger partial charge in [0.05, 0.1) is 15.6 Å². The van der Waals surface area contributed by atoms with Crippen LogP contribution in [0.2, 0.25) is 10.0 Å². The van der Waals surface area contributed by atoms with Crippen LogP contribution in [0.1, 0.15) is 5.76 Å². The van der Waals surface area contributed by atoms with Gasteiger partial charge in [-0.25, -0.2) is 9.67 Å². The Kier molecular flexibility index (Phi) is 3.23. The number of nitrogens with zero attached hydrogens (tertiary/aromatic N) is 4. The van der Waals surface area contributed by atoms with Crippen LogP contribution < -0.4 is 0 Å². The molecule has 3 aromatic rings. The quantitative estimate of drug-likeness (QED) is 0.723. The number of hydrogen-bond acceptors (Lipinski definition) is 4. The summed E-state index contributed by atoms with van der Waals surface area (Å²) in [6.45, 7) is 1.81. The highest BCUT2D eigenvalue weighted by atomic mass is 35.5. The van der Waals surface area contributed by atoms with Gasteiger partial charge >= 0.3 is 0 Å². The summed E-state index contributed by atoms with van der Waals surface area (Å²) in [5.41, 5.74) is 1.93. The van der Waals surface area contributed by atoms with Gasteiger partial charge in [0.2, 0.25) is 0 Å². The molecule has 0 N–H and O–H groups in total. The highest BCUT2D eigenvalue weighted by Gasteiger charge is 2.23. The van der Waals surface area contributed by atoms with E-state index in [0.717, 1.165) is 5.56 Å². The van der Waals surface area contributed by atoms with E-state index in [1.165, 1.54) is 6.33 Å². The summed E-state index contributed by atoms with van der Waals surface area (Å²) in [6.07, 6.45) is 1.47. The number of aryl methyl sites for hydroxylation is 2. The molecule has 1 aromatic carbocycles. The highest BCUT2D eigenvalue weighted by Crippen LogP contribution is 2.40. The minimum absolute atomic E-state index is 0.509. The molecule has 0 saturated carbocycles. The van der Waals surface area contributed by atoms with E-state index >= 15 is 0 Å². The monoisotopic (exact) mass is 308 g/mol. The molecule has 0 aliphatic carbocycles. The molecule has 0 bridgehead atoms. The van der Waals surface area contributed by atoms with Gasteiger partial charge in [-0.15, -0.1) is 0 Å². The maximum absolute atomic E-state index is 6.24. The molecule has 0 fully saturated rings. The van der Waals surface area contributed by atoms with E-state index in [1.807, 2.05) is 6.92 Å². The zero-order valence-corrected chi connectivity index (χ0v) is 12.3. The van der Waals surface area contributed by atoms with E-state index in [9.17, 15) is 0 Å². The SMILES string of the molecule is Cc1onc(-c2c(Cl)cccc2Cl)c1-c1ncnn1C. The Morgan fingerprint density at radius 2 is 1.85 bits per heavy atom. The van der Waals surface area contributed by atoms with Crippen molar-refractivity contribution in [3.05, 3.63) is 40.3 Å². The van der Waals surface area contributed by atoms with Crippen molar-refractivity contribution in [1.29, 1.82) is 0 Å². The summed E-state index contributed by atoms with van der Waals surface area (Å²) in [5, 5.41) is 9.16. The molecule has 20 heavy (non-hydrogen) atoms. The maximum Gasteiger partial charge on any atom is 0.163 e. The second-order valence-electron chi connectivity index (χ2n) is 4.27. The van der Waals surface area contributed by atoms with Crippen molar-refractivity contribution in [2.24, 2.45) is 7.05 Å². The van der Waals surface area contributed by atoms with Crippen LogP contribution in [0.15, 0.2) is 29.0 Å². The third kappa shape index (κ3) is 1.99. The van der Waals surface area contributed by atoms with E-state index < -0.39 is 0 Å². The van der Waals surface area contributed by atoms with Gasteiger partial charge in [0, 0.05) is 12.6 Å². The molecule has 0 amide bonds. The van der Waals surface area contributed by atoms with Crippen molar-refractivity contribution < 1.29 is 4.52 Å². The van der Waals surface area contributed by atoms with E-state index in [2.05, 4.69) is 15.2 Å². The lowest BCUT2D eigenvalue weighted by Crippen LogP contribution is -1.96. The van der Waals surface area contributed by atoms with Crippen molar-refractivity contribution in [2.45, 2.75) is 6.92 Å². The van der Waals surface area contributed by atoms with Gasteiger partial charge in [-0.1, -0.05) is 34.4 Å². The first kappa shape index (κ1) is 13.1. The third-order valence-corrected chi connectivity index (χ3v) is 3.63. The van der Waals surface area contributed by atoms with Gasteiger partial charge in [0.15, 0.2) is 5.82 Å². The molecule has 3 rings (SSSR count). The van der Waals surface area contributed by atoms with Crippen LogP contribution in [0, 0.1) is 6.92 Å². The summed E-state index contributed by atoms with van der Waals surface area (Å²) in [6, 6.07) is 5.30. The van der Waals surface area contributed by atoms with Gasteiger partial charge < -0.3 is 4.52 Å². The highest BCUT2D eigenvalue weighted by molar-refractivity contribution is 6.39. The number of rotatable bonds is 2. The topological polar surface area (TPSA) is 56.7 Å². The van der Waals surface area contributed by atoms with Crippen molar-refractivity contribution in [1.82, 2.24) is 19.9 Å². The first-order chi connectivity index (χ1) is 9.59. The van der Waals surface area contributed by atoms with Crippen LogP contribution in [0.25, 0.3) is 22.6 Å². The van der Waals surface area contributed by atoms with E-state index in [0.29, 0.717) is 32.9 Å². The Morgan fingerprint density at radius 3 is 2.45 bits per heavy atom. The summed E-state index contributed by atoms with van der Waals surface area (Å²) in [5.74, 6) is 1.28. The molecule has 0 aliphatic heterocycles. The molecule has 7 heteroatoms. The molecule has 0 unspecified atom stereocenters. The van der Waals surface area contributed by atoms with Gasteiger partial charge in [0.1, 0.15) is 17.8 Å². The van der Waals surface area contributed by atoms with Crippen molar-refractivity contribution >= 4 is 23.2 Å². The second kappa shape index (κ2) is 4.92. The number of benzene rings is 1. The van der Waals surface area contributed by atoms with Crippen molar-refractivity contribution in [3.8, 4) is 22.6 Å². The Labute approximate surface area is 125 Å². The fraction of sp³-hybridized carbons (Fsp3) is 0.154. The lowest BCUT2D eigenvalue weighted by Gasteiger charge is -2.06. The van der Waals surface area contributed by atoms with E-state index in [4.69, 9.17) is 27.7 Å². The Hall–Kier alpha value is -1.85. The fourth-order valence-electron chi connectivity index (χ4n) is 2.05. The predicted molar refractivity (Wildman–Crippen MR) is 76.7 cm³/mol. The lowest BCUT2D eigenvalue weighted by molar-refractivity contribution is 0.400. The molecule has 2 aromatic heterocycles. The standard InChI is InChI=1S/C13H10Cl2N4O/c1-7-10(13-16-6-17-19(13)2)12(18-20-7)11-8(14)4-3-5-9(11)15/h3-6H,1-2H3. The average molecular weight is 309 g/mol. The first-order valence-electron chi connectivity index (χ1n) is 5.84. The van der Waals surface area contributed by atoms with Crippen LogP contribution in [0.5, 0.6) is 0 Å². The van der Waals surface area contributed by atoms with E-state index in [-0.39, 0.29) is 0 Å². The summed E-state index contributed by atoms with van der Waals surface area (Å²) in [7, 11) is 1.80. The van der Waals surface area contributed by atoms with Crippen LogP contribution in [0.3, 0.4) is 0 Å². The molecule has 5 nitrogen and oxygen atoms in total. The normalized spacial score (nSPS) is 11.0. The summed E-state index contributed by atoms with van der Waals surface area (Å²) >= 11 is 12.5. The zero-order valence-electron chi connectivity index (χ0n) is 10.8. The molecule has 0 spiro atoms. The van der Waals surface area contributed by atoms with Crippen LogP contribution in [-0.4, -0.2) is 19.9 Å². The van der Waals surface area contributed by atoms with Crippen LogP contribution in [-0.2, 0) is 7.05 Å². The average Bonchev–Trinajstić information content (AvgIpc) is 2.96. The minimum Gasteiger partial charge on any atom is -0.360 e. The van der Waals surface area contributed by atoms with Gasteiger partial charge in [-0.2, -0.15) is 5.10 Å². The second-order valence-corrected chi connectivity index (χ2v) is 5.08. The largest absolute Gasteiger partial charge is 0.360 e. The Bertz CT molecular complexity index is 758. The lowest BCUT2D eigenvalue weighted by atomic mass is 10.1. The first-order valence-corrected chi connectivity index (χ1v) is 6.60. The van der Waals surface area contributed by atoms with Gasteiger partial charge in [-0.05, 0) is 19.1 Å². The van der Waals surface area contributed by atoms with Crippen molar-refractivity contribution in [2.75, 3.05) is 0 Å². The molecule has 0 radical (unpaired) electrons. The number of hydrogen-bond donors (Lipinski definition) is 0. The molecule has 0 saturated heterocycles. The molecular weight excluding hydrogens is 299 g/mol. The van der Waals surface area contributed by atoms with Crippen LogP contribution in [0.4, 0.5) is 0 Å². The Balaban J connectivity index is 2.30. The molecular formula is C13H10Cl2N4O. The third-order valence-electron chi connectivity index (χ3n) is 3.00. The maximum atomic E-state index is 6.24. The Morgan fingerprint density at radius 1 is 1.15 bits per heavy atom. The smallest absolute Gasteiger partial charge is 0.163 e. The summed E-state index contributed by atoms with van der Waals surface area (Å²) in [4.78, 5) is 4.23. The van der Waals surface area contributed by atoms with Crippen LogP contribution >= 0.6 is 23.2 Å². The van der Waals surface area contributed by atoms with Crippen molar-refractivity contribution in [3.63, 3.8) is 0 Å². The summed E-state index contributed by atoms with van der Waals surface area (Å²) < 4.78 is 6.94. The van der Waals surface area contributed by atoms with E-state index in [1.54, 1.807) is 29.9 Å². The minimum atomic E-state index is 0.509. The molecule has 0 atom stereocenters. The number of aromatic nitrogens is 4. The molecule has 0 aliphatic rings. The molecule has 102 valence electrons. The predicted octanol–water partition coefficient (Wildman–Crippen LogP) is 3.75.